The first kappa shape index (κ1) is 13.7. The second-order valence-electron chi connectivity index (χ2n) is 4.38. The molecule has 102 valence electrons. The van der Waals surface area contributed by atoms with Crippen LogP contribution in [0.5, 0.6) is 0 Å². The van der Waals surface area contributed by atoms with Crippen LogP contribution < -0.4 is 0 Å². The van der Waals surface area contributed by atoms with Gasteiger partial charge in [0.1, 0.15) is 0 Å². The molecule has 0 saturated heterocycles. The zero-order valence-corrected chi connectivity index (χ0v) is 10.9. The summed E-state index contributed by atoms with van der Waals surface area (Å²) in [4.78, 5) is 21.4. The first-order valence-corrected chi connectivity index (χ1v) is 6.13. The second kappa shape index (κ2) is 5.52. The van der Waals surface area contributed by atoms with Crippen LogP contribution in [-0.4, -0.2) is 16.0 Å². The van der Waals surface area contributed by atoms with E-state index in [-0.39, 0.29) is 11.3 Å². The highest BCUT2D eigenvalue weighted by molar-refractivity contribution is 5.90. The van der Waals surface area contributed by atoms with Crippen LogP contribution in [0.25, 0.3) is 11.1 Å². The predicted octanol–water partition coefficient (Wildman–Crippen LogP) is 3.52. The summed E-state index contributed by atoms with van der Waals surface area (Å²) in [6.45, 7) is 2.01. The van der Waals surface area contributed by atoms with Gasteiger partial charge >= 0.3 is 5.97 Å². The van der Waals surface area contributed by atoms with Crippen LogP contribution in [0.15, 0.2) is 42.5 Å². The van der Waals surface area contributed by atoms with Crippen molar-refractivity contribution >= 4 is 11.7 Å². The van der Waals surface area contributed by atoms with E-state index in [1.165, 1.54) is 12.1 Å². The van der Waals surface area contributed by atoms with Crippen LogP contribution in [0.3, 0.4) is 0 Å². The maximum Gasteiger partial charge on any atom is 0.335 e. The van der Waals surface area contributed by atoms with E-state index in [0.717, 1.165) is 23.6 Å². The van der Waals surface area contributed by atoms with Crippen LogP contribution >= 0.6 is 0 Å². The number of aromatic carboxylic acids is 1. The molecule has 20 heavy (non-hydrogen) atoms. The van der Waals surface area contributed by atoms with E-state index in [9.17, 15) is 14.9 Å². The molecule has 0 heterocycles. The molecule has 0 radical (unpaired) electrons. The van der Waals surface area contributed by atoms with E-state index < -0.39 is 10.9 Å². The Labute approximate surface area is 115 Å². The van der Waals surface area contributed by atoms with Crippen molar-refractivity contribution in [1.82, 2.24) is 0 Å². The third kappa shape index (κ3) is 2.83. The van der Waals surface area contributed by atoms with Gasteiger partial charge in [0.15, 0.2) is 0 Å². The Balaban J connectivity index is 2.60. The molecule has 2 aromatic rings. The highest BCUT2D eigenvalue weighted by Gasteiger charge is 2.14. The van der Waals surface area contributed by atoms with Gasteiger partial charge in [-0.15, -0.1) is 0 Å². The summed E-state index contributed by atoms with van der Waals surface area (Å²) < 4.78 is 0. The lowest BCUT2D eigenvalue weighted by atomic mass is 9.99. The van der Waals surface area contributed by atoms with Gasteiger partial charge in [-0.25, -0.2) is 4.79 Å². The number of rotatable bonds is 4. The molecule has 5 nitrogen and oxygen atoms in total. The molecule has 0 aromatic heterocycles. The Bertz CT molecular complexity index is 647. The van der Waals surface area contributed by atoms with Crippen molar-refractivity contribution in [2.45, 2.75) is 13.3 Å². The Hall–Kier alpha value is -2.69. The minimum absolute atomic E-state index is 0.0869. The van der Waals surface area contributed by atoms with Crippen LogP contribution in [0, 0.1) is 10.1 Å². The van der Waals surface area contributed by atoms with E-state index in [0.29, 0.717) is 5.56 Å². The standard InChI is InChI=1S/C15H13NO4/c1-2-10-4-3-5-11(6-10)12-7-13(15(17)18)9-14(8-12)16(19)20/h3-9H,2H2,1H3,(H,17,18). The van der Waals surface area contributed by atoms with Crippen molar-refractivity contribution in [3.63, 3.8) is 0 Å². The maximum atomic E-state index is 11.1. The van der Waals surface area contributed by atoms with E-state index in [1.807, 2.05) is 31.2 Å². The topological polar surface area (TPSA) is 80.4 Å². The molecule has 0 aliphatic heterocycles. The van der Waals surface area contributed by atoms with Crippen LogP contribution in [-0.2, 0) is 6.42 Å². The zero-order chi connectivity index (χ0) is 14.7. The Morgan fingerprint density at radius 2 is 1.95 bits per heavy atom. The number of carboxylic acid groups (broad SMARTS) is 1. The van der Waals surface area contributed by atoms with Crippen molar-refractivity contribution in [3.8, 4) is 11.1 Å². The lowest BCUT2D eigenvalue weighted by molar-refractivity contribution is -0.384. The van der Waals surface area contributed by atoms with Crippen molar-refractivity contribution < 1.29 is 14.8 Å². The largest absolute Gasteiger partial charge is 0.478 e. The van der Waals surface area contributed by atoms with Crippen molar-refractivity contribution in [2.24, 2.45) is 0 Å². The van der Waals surface area contributed by atoms with Crippen molar-refractivity contribution in [1.29, 1.82) is 0 Å². The molecule has 0 saturated carbocycles. The SMILES string of the molecule is CCc1cccc(-c2cc(C(=O)O)cc([N+](=O)[O-])c2)c1. The molecular weight excluding hydrogens is 258 g/mol. The van der Waals surface area contributed by atoms with Gasteiger partial charge in [0.2, 0.25) is 0 Å². The van der Waals surface area contributed by atoms with Gasteiger partial charge in [0.25, 0.3) is 5.69 Å². The Kier molecular flexibility index (Phi) is 3.79. The minimum atomic E-state index is -1.18. The zero-order valence-electron chi connectivity index (χ0n) is 10.9. The lowest BCUT2D eigenvalue weighted by Crippen LogP contribution is -1.99. The lowest BCUT2D eigenvalue weighted by Gasteiger charge is -2.06. The van der Waals surface area contributed by atoms with Crippen LogP contribution in [0.1, 0.15) is 22.8 Å². The molecule has 0 aliphatic rings. The number of hydrogen-bond donors (Lipinski definition) is 1. The number of carbonyl (C=O) groups is 1. The van der Waals surface area contributed by atoms with Crippen LogP contribution in [0.2, 0.25) is 0 Å². The first-order valence-electron chi connectivity index (χ1n) is 6.13. The Morgan fingerprint density at radius 1 is 1.20 bits per heavy atom. The third-order valence-electron chi connectivity index (χ3n) is 3.04. The molecular formula is C15H13NO4. The molecule has 0 atom stereocenters. The summed E-state index contributed by atoms with van der Waals surface area (Å²) in [5.41, 5.74) is 2.09. The summed E-state index contributed by atoms with van der Waals surface area (Å²) in [5, 5.41) is 19.9. The summed E-state index contributed by atoms with van der Waals surface area (Å²) in [7, 11) is 0. The summed E-state index contributed by atoms with van der Waals surface area (Å²) in [5.74, 6) is -1.18. The van der Waals surface area contributed by atoms with Gasteiger partial charge in [0.05, 0.1) is 10.5 Å². The van der Waals surface area contributed by atoms with Gasteiger partial charge < -0.3 is 5.11 Å². The van der Waals surface area contributed by atoms with E-state index >= 15 is 0 Å². The third-order valence-corrected chi connectivity index (χ3v) is 3.04. The van der Waals surface area contributed by atoms with Gasteiger partial charge in [-0.2, -0.15) is 0 Å². The fourth-order valence-corrected chi connectivity index (χ4v) is 1.98. The number of aryl methyl sites for hydroxylation is 1. The number of nitro benzene ring substituents is 1. The molecule has 0 amide bonds. The quantitative estimate of drug-likeness (QED) is 0.681. The summed E-state index contributed by atoms with van der Waals surface area (Å²) in [6, 6.07) is 11.4. The molecule has 0 spiro atoms. The molecule has 2 aromatic carbocycles. The van der Waals surface area contributed by atoms with E-state index in [1.54, 1.807) is 0 Å². The smallest absolute Gasteiger partial charge is 0.335 e. The Morgan fingerprint density at radius 3 is 2.55 bits per heavy atom. The molecule has 0 aliphatic carbocycles. The summed E-state index contributed by atoms with van der Waals surface area (Å²) in [6.07, 6.45) is 0.842. The highest BCUT2D eigenvalue weighted by Crippen LogP contribution is 2.27. The van der Waals surface area contributed by atoms with Crippen LogP contribution in [0.4, 0.5) is 5.69 Å². The molecule has 0 fully saturated rings. The summed E-state index contributed by atoms with van der Waals surface area (Å²) >= 11 is 0. The number of hydrogen-bond acceptors (Lipinski definition) is 3. The first-order chi connectivity index (χ1) is 9.51. The number of nitrogens with zero attached hydrogens (tertiary/aromatic N) is 1. The normalized spacial score (nSPS) is 10.2. The highest BCUT2D eigenvalue weighted by atomic mass is 16.6. The predicted molar refractivity (Wildman–Crippen MR) is 74.9 cm³/mol. The average molecular weight is 271 g/mol. The van der Waals surface area contributed by atoms with Gasteiger partial charge in [-0.05, 0) is 29.2 Å². The monoisotopic (exact) mass is 271 g/mol. The number of non-ortho nitro benzene ring substituents is 1. The van der Waals surface area contributed by atoms with Gasteiger partial charge in [-0.1, -0.05) is 31.2 Å². The fraction of sp³-hybridized carbons (Fsp3) is 0.133. The molecule has 0 bridgehead atoms. The average Bonchev–Trinajstić information content (AvgIpc) is 2.46. The molecule has 5 heteroatoms. The van der Waals surface area contributed by atoms with Gasteiger partial charge in [0, 0.05) is 12.1 Å². The second-order valence-corrected chi connectivity index (χ2v) is 4.38. The fourth-order valence-electron chi connectivity index (χ4n) is 1.98. The van der Waals surface area contributed by atoms with E-state index in [2.05, 4.69) is 0 Å². The molecule has 0 unspecified atom stereocenters. The number of benzene rings is 2. The van der Waals surface area contributed by atoms with Gasteiger partial charge in [-0.3, -0.25) is 10.1 Å². The van der Waals surface area contributed by atoms with Crippen molar-refractivity contribution in [2.75, 3.05) is 0 Å². The van der Waals surface area contributed by atoms with Crippen molar-refractivity contribution in [3.05, 3.63) is 63.7 Å². The molecule has 1 N–H and O–H groups in total. The maximum absolute atomic E-state index is 11.1. The molecule has 2 rings (SSSR count). The van der Waals surface area contributed by atoms with E-state index in [4.69, 9.17) is 5.11 Å². The minimum Gasteiger partial charge on any atom is -0.478 e. The number of nitro groups is 1. The number of carboxylic acids is 1.